The third-order valence-corrected chi connectivity index (χ3v) is 7.61. The van der Waals surface area contributed by atoms with E-state index in [9.17, 15) is 4.79 Å². The Morgan fingerprint density at radius 2 is 1.89 bits per heavy atom. The molecule has 35 heavy (non-hydrogen) atoms. The number of carbonyl (C=O) groups is 1. The zero-order chi connectivity index (χ0) is 24.4. The number of hydrogen-bond acceptors (Lipinski definition) is 5. The summed E-state index contributed by atoms with van der Waals surface area (Å²) in [6.07, 6.45) is 6.90. The summed E-state index contributed by atoms with van der Waals surface area (Å²) in [5.41, 5.74) is 2.03. The molecular formula is C26H29Cl2N3O4. The molecule has 1 spiro atoms. The average molecular weight is 518 g/mol. The van der Waals surface area contributed by atoms with Gasteiger partial charge in [0.25, 0.3) is 0 Å². The van der Waals surface area contributed by atoms with Gasteiger partial charge in [0.15, 0.2) is 11.5 Å². The van der Waals surface area contributed by atoms with Crippen LogP contribution in [0.3, 0.4) is 0 Å². The molecule has 7 nitrogen and oxygen atoms in total. The highest BCUT2D eigenvalue weighted by molar-refractivity contribution is 6.36. The number of urea groups is 1. The minimum Gasteiger partial charge on any atom is -0.493 e. The molecule has 0 bridgehead atoms. The van der Waals surface area contributed by atoms with E-state index in [1.807, 2.05) is 18.2 Å². The summed E-state index contributed by atoms with van der Waals surface area (Å²) in [7, 11) is 1.66. The molecule has 0 radical (unpaired) electrons. The predicted octanol–water partition coefficient (Wildman–Crippen LogP) is 6.51. The first-order valence-corrected chi connectivity index (χ1v) is 12.8. The number of likely N-dealkylation sites (tertiary alicyclic amines) is 1. The topological polar surface area (TPSA) is 72.4 Å². The van der Waals surface area contributed by atoms with Crippen molar-refractivity contribution in [2.75, 3.05) is 25.5 Å². The number of nitrogens with one attached hydrogen (secondary N) is 1. The Hall–Kier alpha value is -2.64. The molecule has 0 atom stereocenters. The minimum atomic E-state index is -0.392. The van der Waals surface area contributed by atoms with Crippen molar-refractivity contribution >= 4 is 40.6 Å². The number of methoxy groups -OCH3 is 1. The first-order valence-electron chi connectivity index (χ1n) is 12.1. The van der Waals surface area contributed by atoms with Crippen LogP contribution < -0.4 is 14.8 Å². The van der Waals surface area contributed by atoms with Gasteiger partial charge in [0, 0.05) is 42.9 Å². The molecule has 0 aromatic heterocycles. The van der Waals surface area contributed by atoms with Crippen LogP contribution in [0, 0.1) is 0 Å². The minimum absolute atomic E-state index is 0.188. The van der Waals surface area contributed by atoms with Crippen molar-refractivity contribution in [1.29, 1.82) is 0 Å². The van der Waals surface area contributed by atoms with Crippen molar-refractivity contribution in [3.05, 3.63) is 52.0 Å². The third-order valence-electron chi connectivity index (χ3n) is 7.07. The van der Waals surface area contributed by atoms with Crippen LogP contribution in [0.5, 0.6) is 11.5 Å². The summed E-state index contributed by atoms with van der Waals surface area (Å²) < 4.78 is 11.8. The number of ether oxygens (including phenoxy) is 2. The standard InChI is InChI=1S/C26H29Cl2N3O4/c1-33-23-9-6-17(14-24(23)34-19-4-2-3-5-19)22-16-26(35-30-22)10-12-31(13-11-26)25(32)29-21-8-7-18(27)15-20(21)28/h6-9,14-15,19H,2-5,10-13,16H2,1H3,(H,29,32). The van der Waals surface area contributed by atoms with Gasteiger partial charge in [-0.3, -0.25) is 0 Å². The summed E-state index contributed by atoms with van der Waals surface area (Å²) in [4.78, 5) is 20.5. The van der Waals surface area contributed by atoms with Crippen molar-refractivity contribution in [2.45, 2.75) is 56.7 Å². The van der Waals surface area contributed by atoms with Crippen LogP contribution in [0.2, 0.25) is 10.0 Å². The summed E-state index contributed by atoms with van der Waals surface area (Å²) in [6, 6.07) is 10.8. The zero-order valence-electron chi connectivity index (χ0n) is 19.7. The average Bonchev–Trinajstić information content (AvgIpc) is 3.52. The number of anilines is 1. The molecule has 1 saturated heterocycles. The molecule has 9 heteroatoms. The maximum atomic E-state index is 12.8. The largest absolute Gasteiger partial charge is 0.493 e. The quantitative estimate of drug-likeness (QED) is 0.490. The van der Waals surface area contributed by atoms with Crippen molar-refractivity contribution < 1.29 is 19.1 Å². The molecule has 2 aromatic rings. The first-order chi connectivity index (χ1) is 16.9. The van der Waals surface area contributed by atoms with E-state index in [-0.39, 0.29) is 12.1 Å². The molecule has 1 aliphatic carbocycles. The van der Waals surface area contributed by atoms with E-state index < -0.39 is 5.60 Å². The lowest BCUT2D eigenvalue weighted by Crippen LogP contribution is -2.48. The second-order valence-electron chi connectivity index (χ2n) is 9.42. The lowest BCUT2D eigenvalue weighted by molar-refractivity contribution is -0.0544. The van der Waals surface area contributed by atoms with Gasteiger partial charge in [-0.05, 0) is 62.1 Å². The maximum absolute atomic E-state index is 12.8. The predicted molar refractivity (Wildman–Crippen MR) is 137 cm³/mol. The molecule has 186 valence electrons. The van der Waals surface area contributed by atoms with E-state index in [0.717, 1.165) is 35.6 Å². The summed E-state index contributed by atoms with van der Waals surface area (Å²) in [5.74, 6) is 1.49. The van der Waals surface area contributed by atoms with E-state index in [1.54, 1.807) is 30.2 Å². The SMILES string of the molecule is COc1ccc(C2=NOC3(CCN(C(=O)Nc4ccc(Cl)cc4Cl)CC3)C2)cc1OC1CCCC1. The molecule has 2 heterocycles. The van der Waals surface area contributed by atoms with Gasteiger partial charge in [-0.25, -0.2) is 4.79 Å². The fourth-order valence-electron chi connectivity index (χ4n) is 4.98. The lowest BCUT2D eigenvalue weighted by atomic mass is 9.85. The Balaban J connectivity index is 1.20. The first kappa shape index (κ1) is 24.1. The van der Waals surface area contributed by atoms with Crippen LogP contribution in [-0.2, 0) is 4.84 Å². The van der Waals surface area contributed by atoms with Crippen LogP contribution in [0.15, 0.2) is 41.6 Å². The van der Waals surface area contributed by atoms with Gasteiger partial charge in [-0.15, -0.1) is 0 Å². The van der Waals surface area contributed by atoms with Crippen LogP contribution in [0.1, 0.15) is 50.5 Å². The highest BCUT2D eigenvalue weighted by Gasteiger charge is 2.43. The number of amides is 2. The van der Waals surface area contributed by atoms with Crippen LogP contribution >= 0.6 is 23.2 Å². The molecule has 1 saturated carbocycles. The molecule has 5 rings (SSSR count). The van der Waals surface area contributed by atoms with Gasteiger partial charge in [0.05, 0.1) is 29.6 Å². The summed E-state index contributed by atoms with van der Waals surface area (Å²) >= 11 is 12.1. The number of nitrogens with zero attached hydrogens (tertiary/aromatic N) is 2. The number of halogens is 2. The van der Waals surface area contributed by atoms with Gasteiger partial charge in [-0.1, -0.05) is 28.4 Å². The van der Waals surface area contributed by atoms with Crippen molar-refractivity contribution in [3.63, 3.8) is 0 Å². The molecule has 2 aliphatic heterocycles. The van der Waals surface area contributed by atoms with Gasteiger partial charge in [0.1, 0.15) is 5.60 Å². The Labute approximate surface area is 215 Å². The zero-order valence-corrected chi connectivity index (χ0v) is 21.2. The van der Waals surface area contributed by atoms with Gasteiger partial charge in [0.2, 0.25) is 0 Å². The van der Waals surface area contributed by atoms with Crippen molar-refractivity contribution in [1.82, 2.24) is 4.90 Å². The molecule has 2 amide bonds. The molecule has 2 fully saturated rings. The van der Waals surface area contributed by atoms with Gasteiger partial charge < -0.3 is 24.5 Å². The lowest BCUT2D eigenvalue weighted by Gasteiger charge is -2.37. The van der Waals surface area contributed by atoms with Gasteiger partial charge >= 0.3 is 6.03 Å². The monoisotopic (exact) mass is 517 g/mol. The molecular weight excluding hydrogens is 489 g/mol. The van der Waals surface area contributed by atoms with E-state index in [4.69, 9.17) is 37.5 Å². The number of benzene rings is 2. The van der Waals surface area contributed by atoms with Gasteiger partial charge in [-0.2, -0.15) is 0 Å². The Kier molecular flexibility index (Phi) is 6.98. The summed E-state index contributed by atoms with van der Waals surface area (Å²) in [6.45, 7) is 1.14. The van der Waals surface area contributed by atoms with E-state index in [1.165, 1.54) is 12.8 Å². The summed E-state index contributed by atoms with van der Waals surface area (Å²) in [5, 5.41) is 8.24. The van der Waals surface area contributed by atoms with Crippen LogP contribution in [0.25, 0.3) is 0 Å². The van der Waals surface area contributed by atoms with E-state index in [0.29, 0.717) is 48.1 Å². The van der Waals surface area contributed by atoms with Crippen molar-refractivity contribution in [2.24, 2.45) is 5.16 Å². The molecule has 3 aliphatic rings. The number of carbonyl (C=O) groups excluding carboxylic acids is 1. The normalized spacial score (nSPS) is 19.4. The van der Waals surface area contributed by atoms with E-state index in [2.05, 4.69) is 10.5 Å². The smallest absolute Gasteiger partial charge is 0.321 e. The highest BCUT2D eigenvalue weighted by Crippen LogP contribution is 2.39. The fourth-order valence-corrected chi connectivity index (χ4v) is 5.44. The Morgan fingerprint density at radius 1 is 1.11 bits per heavy atom. The molecule has 0 unspecified atom stereocenters. The second-order valence-corrected chi connectivity index (χ2v) is 10.3. The van der Waals surface area contributed by atoms with Crippen molar-refractivity contribution in [3.8, 4) is 11.5 Å². The number of rotatable bonds is 5. The fraction of sp³-hybridized carbons (Fsp3) is 0.462. The number of oxime groups is 1. The van der Waals surface area contributed by atoms with Crippen LogP contribution in [-0.4, -0.2) is 48.5 Å². The van der Waals surface area contributed by atoms with E-state index >= 15 is 0 Å². The van der Waals surface area contributed by atoms with Crippen LogP contribution in [0.4, 0.5) is 10.5 Å². The third kappa shape index (κ3) is 5.31. The number of piperidine rings is 1. The Bertz CT molecular complexity index is 1130. The maximum Gasteiger partial charge on any atom is 0.321 e. The second kappa shape index (κ2) is 10.2. The Morgan fingerprint density at radius 3 is 2.60 bits per heavy atom. The highest BCUT2D eigenvalue weighted by atomic mass is 35.5. The molecule has 1 N–H and O–H groups in total. The number of hydrogen-bond donors (Lipinski definition) is 1. The molecule has 2 aromatic carbocycles.